The van der Waals surface area contributed by atoms with E-state index in [0.29, 0.717) is 40.7 Å². The van der Waals surface area contributed by atoms with Gasteiger partial charge in [-0.1, -0.05) is 13.0 Å². The summed E-state index contributed by atoms with van der Waals surface area (Å²) in [5.74, 6) is 1.32. The summed E-state index contributed by atoms with van der Waals surface area (Å²) >= 11 is 0. The Kier molecular flexibility index (Phi) is 5.85. The maximum absolute atomic E-state index is 9.37. The molecule has 0 fully saturated rings. The van der Waals surface area contributed by atoms with E-state index in [0.717, 1.165) is 0 Å². The average Bonchev–Trinajstić information content (AvgIpc) is 3.05. The van der Waals surface area contributed by atoms with Crippen molar-refractivity contribution in [3.05, 3.63) is 65.3 Å². The summed E-state index contributed by atoms with van der Waals surface area (Å²) < 4.78 is 13.4. The minimum atomic E-state index is -0.130. The summed E-state index contributed by atoms with van der Waals surface area (Å²) in [5.41, 5.74) is 1.23. The third kappa shape index (κ3) is 4.09. The van der Waals surface area contributed by atoms with Gasteiger partial charge in [0.1, 0.15) is 11.4 Å². The molecule has 1 aromatic carbocycles. The van der Waals surface area contributed by atoms with E-state index in [2.05, 4.69) is 14.9 Å². The molecule has 0 unspecified atom stereocenters. The fraction of sp³-hybridized carbons (Fsp3) is 0.200. The number of hydrogen-bond donors (Lipinski definition) is 1. The molecule has 2 aromatic heterocycles. The van der Waals surface area contributed by atoms with Crippen LogP contribution in [0.4, 0.5) is 5.69 Å². The van der Waals surface area contributed by atoms with Crippen LogP contribution in [0.15, 0.2) is 42.6 Å². The molecule has 0 saturated carbocycles. The third-order valence-corrected chi connectivity index (χ3v) is 3.79. The van der Waals surface area contributed by atoms with Gasteiger partial charge in [0.2, 0.25) is 11.6 Å². The number of aromatic nitrogens is 3. The highest BCUT2D eigenvalue weighted by molar-refractivity contribution is 5.56. The maximum atomic E-state index is 9.37. The van der Waals surface area contributed by atoms with Crippen LogP contribution < -0.4 is 9.47 Å². The van der Waals surface area contributed by atoms with Gasteiger partial charge in [-0.05, 0) is 30.7 Å². The molecule has 3 aromatic rings. The zero-order chi connectivity index (χ0) is 19.9. The quantitative estimate of drug-likeness (QED) is 0.630. The lowest BCUT2D eigenvalue weighted by Gasteiger charge is -2.11. The molecule has 0 radical (unpaired) electrons. The first-order valence-electron chi connectivity index (χ1n) is 8.58. The third-order valence-electron chi connectivity index (χ3n) is 3.79. The number of aliphatic hydroxyl groups excluding tert-OH is 1. The summed E-state index contributed by atoms with van der Waals surface area (Å²) in [6.07, 6.45) is 2.15. The molecular weight excluding hydrogens is 358 g/mol. The van der Waals surface area contributed by atoms with Crippen molar-refractivity contribution in [2.24, 2.45) is 0 Å². The van der Waals surface area contributed by atoms with Gasteiger partial charge in [0.15, 0.2) is 5.69 Å². The molecular formula is C20H17N5O3. The minimum absolute atomic E-state index is 0.130. The predicted molar refractivity (Wildman–Crippen MR) is 100 cm³/mol. The van der Waals surface area contributed by atoms with Crippen LogP contribution in [-0.2, 0) is 13.0 Å². The van der Waals surface area contributed by atoms with Crippen LogP contribution in [0.25, 0.3) is 4.85 Å². The van der Waals surface area contributed by atoms with Gasteiger partial charge in [0, 0.05) is 17.8 Å². The summed E-state index contributed by atoms with van der Waals surface area (Å²) in [6, 6.07) is 11.8. The smallest absolute Gasteiger partial charge is 0.263 e. The Labute approximate surface area is 162 Å². The molecule has 1 N–H and O–H groups in total. The fourth-order valence-electron chi connectivity index (χ4n) is 2.55. The highest BCUT2D eigenvalue weighted by Gasteiger charge is 2.22. The van der Waals surface area contributed by atoms with E-state index in [4.69, 9.17) is 16.0 Å². The monoisotopic (exact) mass is 375 g/mol. The van der Waals surface area contributed by atoms with Crippen molar-refractivity contribution in [2.45, 2.75) is 19.9 Å². The van der Waals surface area contributed by atoms with Crippen LogP contribution in [0.3, 0.4) is 0 Å². The maximum Gasteiger partial charge on any atom is 0.263 e. The van der Waals surface area contributed by atoms with Crippen LogP contribution in [0.2, 0.25) is 0 Å². The van der Waals surface area contributed by atoms with Crippen LogP contribution >= 0.6 is 0 Å². The van der Waals surface area contributed by atoms with E-state index in [1.807, 2.05) is 13.0 Å². The van der Waals surface area contributed by atoms with E-state index in [9.17, 15) is 10.4 Å². The minimum Gasteiger partial charge on any atom is -0.451 e. The van der Waals surface area contributed by atoms with Gasteiger partial charge in [-0.15, -0.1) is 0 Å². The summed E-state index contributed by atoms with van der Waals surface area (Å²) in [7, 11) is 0. The summed E-state index contributed by atoms with van der Waals surface area (Å²) in [6.45, 7) is 9.20. The van der Waals surface area contributed by atoms with Crippen molar-refractivity contribution in [3.8, 4) is 29.3 Å². The standard InChI is InChI=1S/C20H17N5O3/c1-3-17-19(27-16-11-14(13-21)10-15(12-16)22-2)20(25(24-17)8-9-26)28-18-6-4-5-7-23-18/h4-7,10-12,26H,3,8-9H2,1H3. The summed E-state index contributed by atoms with van der Waals surface area (Å²) in [4.78, 5) is 7.52. The molecule has 8 nitrogen and oxygen atoms in total. The molecule has 140 valence electrons. The van der Waals surface area contributed by atoms with Crippen LogP contribution in [0.5, 0.6) is 23.3 Å². The van der Waals surface area contributed by atoms with Crippen molar-refractivity contribution < 1.29 is 14.6 Å². The Morgan fingerprint density at radius 1 is 1.29 bits per heavy atom. The number of aliphatic hydroxyl groups is 1. The van der Waals surface area contributed by atoms with Crippen molar-refractivity contribution >= 4 is 5.69 Å². The highest BCUT2D eigenvalue weighted by atomic mass is 16.5. The number of nitriles is 1. The van der Waals surface area contributed by atoms with Crippen LogP contribution in [-0.4, -0.2) is 26.5 Å². The van der Waals surface area contributed by atoms with E-state index in [1.165, 1.54) is 10.7 Å². The van der Waals surface area contributed by atoms with E-state index in [-0.39, 0.29) is 19.0 Å². The lowest BCUT2D eigenvalue weighted by Crippen LogP contribution is -2.06. The number of benzene rings is 1. The number of ether oxygens (including phenoxy) is 2. The van der Waals surface area contributed by atoms with Crippen molar-refractivity contribution in [1.29, 1.82) is 5.26 Å². The largest absolute Gasteiger partial charge is 0.451 e. The first-order valence-corrected chi connectivity index (χ1v) is 8.58. The van der Waals surface area contributed by atoms with E-state index < -0.39 is 0 Å². The molecule has 0 saturated heterocycles. The average molecular weight is 375 g/mol. The number of hydrogen-bond acceptors (Lipinski definition) is 6. The van der Waals surface area contributed by atoms with E-state index >= 15 is 0 Å². The Hall–Kier alpha value is -3.88. The summed E-state index contributed by atoms with van der Waals surface area (Å²) in [5, 5.41) is 23.0. The molecule has 8 heteroatoms. The molecule has 0 spiro atoms. The second-order valence-corrected chi connectivity index (χ2v) is 5.69. The Morgan fingerprint density at radius 2 is 2.14 bits per heavy atom. The predicted octanol–water partition coefficient (Wildman–Crippen LogP) is 3.84. The van der Waals surface area contributed by atoms with Gasteiger partial charge < -0.3 is 14.6 Å². The van der Waals surface area contributed by atoms with Crippen LogP contribution in [0.1, 0.15) is 18.2 Å². The first-order chi connectivity index (χ1) is 13.7. The second-order valence-electron chi connectivity index (χ2n) is 5.69. The van der Waals surface area contributed by atoms with Crippen molar-refractivity contribution in [2.75, 3.05) is 6.61 Å². The molecule has 0 aliphatic heterocycles. The van der Waals surface area contributed by atoms with Gasteiger partial charge in [-0.2, -0.15) is 10.4 Å². The molecule has 0 aliphatic rings. The molecule has 28 heavy (non-hydrogen) atoms. The molecule has 3 rings (SSSR count). The van der Waals surface area contributed by atoms with Gasteiger partial charge in [-0.25, -0.2) is 14.5 Å². The first kappa shape index (κ1) is 18.9. The SMILES string of the molecule is [C-]#[N+]c1cc(C#N)cc(Oc2c(CC)nn(CCO)c2Oc2ccccn2)c1. The van der Waals surface area contributed by atoms with Gasteiger partial charge in [-0.3, -0.25) is 0 Å². The van der Waals surface area contributed by atoms with Crippen molar-refractivity contribution in [3.63, 3.8) is 0 Å². The normalized spacial score (nSPS) is 10.1. The number of rotatable bonds is 7. The lowest BCUT2D eigenvalue weighted by molar-refractivity contribution is 0.258. The molecule has 0 amide bonds. The lowest BCUT2D eigenvalue weighted by atomic mass is 10.2. The Bertz CT molecular complexity index is 1020. The number of aryl methyl sites for hydroxylation is 1. The van der Waals surface area contributed by atoms with Crippen molar-refractivity contribution in [1.82, 2.24) is 14.8 Å². The second kappa shape index (κ2) is 8.67. The highest BCUT2D eigenvalue weighted by Crippen LogP contribution is 2.39. The van der Waals surface area contributed by atoms with Crippen LogP contribution in [0, 0.1) is 17.9 Å². The molecule has 0 bridgehead atoms. The van der Waals surface area contributed by atoms with Gasteiger partial charge in [0.25, 0.3) is 5.88 Å². The fourth-order valence-corrected chi connectivity index (χ4v) is 2.55. The topological polar surface area (TPSA) is 97.5 Å². The van der Waals surface area contributed by atoms with E-state index in [1.54, 1.807) is 36.5 Å². The van der Waals surface area contributed by atoms with Gasteiger partial charge in [0.05, 0.1) is 25.8 Å². The molecule has 0 atom stereocenters. The molecule has 2 heterocycles. The molecule has 0 aliphatic carbocycles. The number of pyridine rings is 1. The Balaban J connectivity index is 2.06. The Morgan fingerprint density at radius 3 is 2.79 bits per heavy atom. The van der Waals surface area contributed by atoms with Gasteiger partial charge >= 0.3 is 0 Å². The zero-order valence-electron chi connectivity index (χ0n) is 15.2. The number of nitrogens with zero attached hydrogens (tertiary/aromatic N) is 5. The zero-order valence-corrected chi connectivity index (χ0v) is 15.2.